The summed E-state index contributed by atoms with van der Waals surface area (Å²) in [6.07, 6.45) is 0.876. The molecule has 23 heavy (non-hydrogen) atoms. The molecule has 6 nitrogen and oxygen atoms in total. The van der Waals surface area contributed by atoms with E-state index in [0.717, 1.165) is 36.6 Å². The Kier molecular flexibility index (Phi) is 4.62. The molecule has 0 radical (unpaired) electrons. The summed E-state index contributed by atoms with van der Waals surface area (Å²) in [6, 6.07) is 9.67. The Balaban J connectivity index is 1.82. The van der Waals surface area contributed by atoms with Gasteiger partial charge in [-0.25, -0.2) is 0 Å². The second-order valence-electron chi connectivity index (χ2n) is 5.70. The van der Waals surface area contributed by atoms with E-state index in [9.17, 15) is 4.79 Å². The van der Waals surface area contributed by atoms with E-state index in [1.54, 1.807) is 4.68 Å². The first-order valence-electron chi connectivity index (χ1n) is 7.68. The van der Waals surface area contributed by atoms with E-state index in [2.05, 4.69) is 17.0 Å². The van der Waals surface area contributed by atoms with Crippen molar-refractivity contribution in [2.75, 3.05) is 20.7 Å². The molecule has 2 aromatic rings. The summed E-state index contributed by atoms with van der Waals surface area (Å²) >= 11 is 0. The van der Waals surface area contributed by atoms with Crippen molar-refractivity contribution in [2.24, 2.45) is 0 Å². The molecule has 122 valence electrons. The molecule has 0 bridgehead atoms. The fourth-order valence-corrected chi connectivity index (χ4v) is 2.80. The Morgan fingerprint density at radius 2 is 2.09 bits per heavy atom. The van der Waals surface area contributed by atoms with Gasteiger partial charge in [0.1, 0.15) is 24.6 Å². The third-order valence-corrected chi connectivity index (χ3v) is 4.03. The average Bonchev–Trinajstić information content (AvgIpc) is 2.90. The largest absolute Gasteiger partial charge is 0.487 e. The fourth-order valence-electron chi connectivity index (χ4n) is 2.80. The van der Waals surface area contributed by atoms with Crippen LogP contribution in [0.5, 0.6) is 5.75 Å². The number of nitrogens with zero attached hydrogens (tertiary/aromatic N) is 3. The number of para-hydroxylation sites is 1. The first kappa shape index (κ1) is 15.6. The topological polar surface area (TPSA) is 56.6 Å². The minimum absolute atomic E-state index is 0.147. The Bertz CT molecular complexity index is 682. The van der Waals surface area contributed by atoms with Crippen LogP contribution < -0.4 is 4.74 Å². The highest BCUT2D eigenvalue weighted by molar-refractivity contribution is 5.69. The molecule has 1 aliphatic heterocycles. The lowest BCUT2D eigenvalue weighted by molar-refractivity contribution is -0.141. The van der Waals surface area contributed by atoms with E-state index in [0.29, 0.717) is 6.61 Å². The molecule has 0 saturated heterocycles. The van der Waals surface area contributed by atoms with E-state index in [1.807, 2.05) is 30.3 Å². The van der Waals surface area contributed by atoms with Crippen LogP contribution in [0.4, 0.5) is 0 Å². The van der Waals surface area contributed by atoms with Crippen molar-refractivity contribution in [1.82, 2.24) is 14.7 Å². The van der Waals surface area contributed by atoms with Crippen LogP contribution in [0.1, 0.15) is 17.0 Å². The number of carbonyl (C=O) groups excluding carboxylic acids is 1. The summed E-state index contributed by atoms with van der Waals surface area (Å²) in [5, 5.41) is 4.59. The average molecular weight is 315 g/mol. The second kappa shape index (κ2) is 6.83. The fraction of sp³-hybridized carbons (Fsp3) is 0.412. The summed E-state index contributed by atoms with van der Waals surface area (Å²) in [7, 11) is 3.48. The molecule has 2 heterocycles. The van der Waals surface area contributed by atoms with Gasteiger partial charge in [0.15, 0.2) is 0 Å². The van der Waals surface area contributed by atoms with Crippen LogP contribution in [0.3, 0.4) is 0 Å². The van der Waals surface area contributed by atoms with Crippen molar-refractivity contribution >= 4 is 5.97 Å². The molecule has 1 aliphatic rings. The van der Waals surface area contributed by atoms with Gasteiger partial charge < -0.3 is 14.4 Å². The number of carbonyl (C=O) groups is 1. The first-order chi connectivity index (χ1) is 11.2. The monoisotopic (exact) mass is 315 g/mol. The van der Waals surface area contributed by atoms with E-state index >= 15 is 0 Å². The number of esters is 1. The smallest absolute Gasteiger partial charge is 0.327 e. The second-order valence-corrected chi connectivity index (χ2v) is 5.70. The lowest BCUT2D eigenvalue weighted by atomic mass is 10.1. The summed E-state index contributed by atoms with van der Waals surface area (Å²) in [4.78, 5) is 13.8. The van der Waals surface area contributed by atoms with Gasteiger partial charge in [-0.1, -0.05) is 18.2 Å². The number of aromatic nitrogens is 2. The molecular weight excluding hydrogens is 294 g/mol. The van der Waals surface area contributed by atoms with E-state index in [1.165, 1.54) is 12.7 Å². The van der Waals surface area contributed by atoms with Crippen molar-refractivity contribution in [1.29, 1.82) is 0 Å². The van der Waals surface area contributed by atoms with Gasteiger partial charge in [-0.2, -0.15) is 5.10 Å². The minimum Gasteiger partial charge on any atom is -0.487 e. The van der Waals surface area contributed by atoms with Crippen LogP contribution in [-0.2, 0) is 35.6 Å². The Morgan fingerprint density at radius 1 is 1.30 bits per heavy atom. The zero-order chi connectivity index (χ0) is 16.2. The maximum atomic E-state index is 11.6. The van der Waals surface area contributed by atoms with Crippen molar-refractivity contribution in [3.8, 4) is 5.75 Å². The Morgan fingerprint density at radius 3 is 2.83 bits per heavy atom. The van der Waals surface area contributed by atoms with E-state index in [4.69, 9.17) is 9.47 Å². The van der Waals surface area contributed by atoms with Crippen molar-refractivity contribution in [3.63, 3.8) is 0 Å². The highest BCUT2D eigenvalue weighted by Gasteiger charge is 2.24. The van der Waals surface area contributed by atoms with E-state index in [-0.39, 0.29) is 12.5 Å². The molecule has 0 unspecified atom stereocenters. The lowest BCUT2D eigenvalue weighted by Gasteiger charge is -2.23. The van der Waals surface area contributed by atoms with Gasteiger partial charge in [0, 0.05) is 30.8 Å². The van der Waals surface area contributed by atoms with Crippen molar-refractivity contribution in [2.45, 2.75) is 26.1 Å². The van der Waals surface area contributed by atoms with Gasteiger partial charge in [0.05, 0.1) is 7.11 Å². The van der Waals surface area contributed by atoms with Crippen molar-refractivity contribution in [3.05, 3.63) is 47.3 Å². The SMILES string of the molecule is COC(=O)Cn1nc(COc2ccccc2)c2c1CCN(C)C2. The maximum absolute atomic E-state index is 11.6. The number of benzene rings is 1. The summed E-state index contributed by atoms with van der Waals surface area (Å²) < 4.78 is 12.4. The van der Waals surface area contributed by atoms with Gasteiger partial charge in [-0.05, 0) is 19.2 Å². The summed E-state index contributed by atoms with van der Waals surface area (Å²) in [6.45, 7) is 2.32. The molecule has 0 fully saturated rings. The summed E-state index contributed by atoms with van der Waals surface area (Å²) in [5.41, 5.74) is 3.16. The molecule has 1 aromatic heterocycles. The molecule has 3 rings (SSSR count). The molecule has 0 N–H and O–H groups in total. The predicted molar refractivity (Wildman–Crippen MR) is 85.1 cm³/mol. The molecule has 1 aromatic carbocycles. The van der Waals surface area contributed by atoms with Crippen LogP contribution >= 0.6 is 0 Å². The highest BCUT2D eigenvalue weighted by Crippen LogP contribution is 2.23. The summed E-state index contributed by atoms with van der Waals surface area (Å²) in [5.74, 6) is 0.526. The van der Waals surface area contributed by atoms with Crippen LogP contribution in [0.2, 0.25) is 0 Å². The zero-order valence-electron chi connectivity index (χ0n) is 13.5. The Labute approximate surface area is 135 Å². The number of fused-ring (bicyclic) bond motifs is 1. The van der Waals surface area contributed by atoms with E-state index < -0.39 is 0 Å². The van der Waals surface area contributed by atoms with Gasteiger partial charge in [-0.3, -0.25) is 9.48 Å². The number of hydrogen-bond acceptors (Lipinski definition) is 5. The van der Waals surface area contributed by atoms with Crippen LogP contribution in [-0.4, -0.2) is 41.4 Å². The lowest BCUT2D eigenvalue weighted by Crippen LogP contribution is -2.28. The van der Waals surface area contributed by atoms with Gasteiger partial charge >= 0.3 is 5.97 Å². The first-order valence-corrected chi connectivity index (χ1v) is 7.68. The maximum Gasteiger partial charge on any atom is 0.327 e. The molecular formula is C17H21N3O3. The van der Waals surface area contributed by atoms with Crippen LogP contribution in [0, 0.1) is 0 Å². The quantitative estimate of drug-likeness (QED) is 0.785. The molecule has 0 aliphatic carbocycles. The van der Waals surface area contributed by atoms with Crippen LogP contribution in [0.25, 0.3) is 0 Å². The van der Waals surface area contributed by atoms with Gasteiger partial charge in [0.25, 0.3) is 0 Å². The van der Waals surface area contributed by atoms with Gasteiger partial charge in [-0.15, -0.1) is 0 Å². The molecule has 0 spiro atoms. The third-order valence-electron chi connectivity index (χ3n) is 4.03. The highest BCUT2D eigenvalue weighted by atomic mass is 16.5. The third kappa shape index (κ3) is 3.53. The van der Waals surface area contributed by atoms with Crippen LogP contribution in [0.15, 0.2) is 30.3 Å². The normalized spacial score (nSPS) is 14.3. The molecule has 0 amide bonds. The molecule has 0 atom stereocenters. The zero-order valence-corrected chi connectivity index (χ0v) is 13.5. The number of methoxy groups -OCH3 is 1. The molecule has 0 saturated carbocycles. The molecule has 6 heteroatoms. The van der Waals surface area contributed by atoms with Crippen molar-refractivity contribution < 1.29 is 14.3 Å². The number of likely N-dealkylation sites (N-methyl/N-ethyl adjacent to an activating group) is 1. The standard InChI is InChI=1S/C17H21N3O3/c1-19-9-8-16-14(10-19)15(18-20(16)11-17(21)22-2)12-23-13-6-4-3-5-7-13/h3-7H,8-12H2,1-2H3. The van der Waals surface area contributed by atoms with Gasteiger partial charge in [0.2, 0.25) is 0 Å². The number of ether oxygens (including phenoxy) is 2. The Hall–Kier alpha value is -2.34. The minimum atomic E-state index is -0.287. The number of rotatable bonds is 5. The predicted octanol–water partition coefficient (Wildman–Crippen LogP) is 1.62. The number of hydrogen-bond donors (Lipinski definition) is 0.